The molecule has 0 heterocycles. The number of halogens is 1. The van der Waals surface area contributed by atoms with E-state index < -0.39 is 19.2 Å². The van der Waals surface area contributed by atoms with Crippen molar-refractivity contribution < 1.29 is 18.9 Å². The molecule has 1 atom stereocenters. The van der Waals surface area contributed by atoms with Gasteiger partial charge in [0.15, 0.2) is 0 Å². The minimum atomic E-state index is -3.70. The van der Waals surface area contributed by atoms with Crippen LogP contribution in [0.2, 0.25) is 0 Å². The summed E-state index contributed by atoms with van der Waals surface area (Å²) in [5, 5.41) is 2.57. The van der Waals surface area contributed by atoms with Gasteiger partial charge in [0.2, 0.25) is 0 Å². The Morgan fingerprint density at radius 3 is 2.42 bits per heavy atom. The second-order valence-electron chi connectivity index (χ2n) is 4.33. The molecule has 2 N–H and O–H groups in total. The topological polar surface area (TPSA) is 67.8 Å². The van der Waals surface area contributed by atoms with Crippen molar-refractivity contribution in [3.63, 3.8) is 0 Å². The van der Waals surface area contributed by atoms with Gasteiger partial charge >= 0.3 is 117 Å². The van der Waals surface area contributed by atoms with Gasteiger partial charge in [0.05, 0.1) is 0 Å². The molecule has 0 radical (unpaired) electrons. The van der Waals surface area contributed by atoms with Crippen LogP contribution in [0.25, 0.3) is 0 Å². The Labute approximate surface area is 118 Å². The van der Waals surface area contributed by atoms with Crippen LogP contribution in [0.1, 0.15) is 20.8 Å². The maximum atomic E-state index is 11.6. The van der Waals surface area contributed by atoms with Gasteiger partial charge in [0.25, 0.3) is 0 Å². The summed E-state index contributed by atoms with van der Waals surface area (Å²) in [6.45, 7) is 5.05. The van der Waals surface area contributed by atoms with Crippen LogP contribution in [0, 0.1) is 0 Å². The molecule has 1 aromatic carbocycles. The number of para-hydroxylation sites is 1. The van der Waals surface area contributed by atoms with E-state index in [1.807, 2.05) is 6.07 Å². The fourth-order valence-corrected chi connectivity index (χ4v) is 3.25. The van der Waals surface area contributed by atoms with Crippen molar-refractivity contribution in [2.24, 2.45) is 0 Å². The molecule has 108 valence electrons. The number of nitrogens with one attached hydrogen (secondary N) is 1. The number of hydrogen-bond acceptors (Lipinski definition) is 5. The zero-order valence-corrected chi connectivity index (χ0v) is 12.8. The predicted octanol–water partition coefficient (Wildman–Crippen LogP) is 2.64. The van der Waals surface area contributed by atoms with E-state index in [-0.39, 0.29) is 6.10 Å². The number of ether oxygens (including phenoxy) is 1. The standard InChI is InChI=1S/C12H19ClNO4P/c1-9(2)17-12(15)10(3)14-19(13,16)18-11-7-5-4-6-8-11/h4-10,14,16,19H,1-3H3. The third-order valence-electron chi connectivity index (χ3n) is 2.10. The Morgan fingerprint density at radius 2 is 1.89 bits per heavy atom. The number of esters is 1. The van der Waals surface area contributed by atoms with Gasteiger partial charge in [-0.15, -0.1) is 0 Å². The summed E-state index contributed by atoms with van der Waals surface area (Å²) < 4.78 is 10.3. The number of benzene rings is 1. The first-order chi connectivity index (χ1) is 8.80. The van der Waals surface area contributed by atoms with E-state index in [1.54, 1.807) is 45.0 Å². The molecule has 0 spiro atoms. The van der Waals surface area contributed by atoms with Crippen molar-refractivity contribution in [3.8, 4) is 5.75 Å². The van der Waals surface area contributed by atoms with Crippen LogP contribution in [0.3, 0.4) is 0 Å². The monoisotopic (exact) mass is 307 g/mol. The molecule has 1 rings (SSSR count). The van der Waals surface area contributed by atoms with Gasteiger partial charge in [0, 0.05) is 0 Å². The summed E-state index contributed by atoms with van der Waals surface area (Å²) in [5.74, 6) is -0.0539. The fourth-order valence-electron chi connectivity index (χ4n) is 1.33. The molecule has 0 aliphatic carbocycles. The average molecular weight is 308 g/mol. The number of carbonyl (C=O) groups excluding carboxylic acids is 1. The van der Waals surface area contributed by atoms with Crippen LogP contribution in [0.4, 0.5) is 0 Å². The quantitative estimate of drug-likeness (QED) is 0.624. The summed E-state index contributed by atoms with van der Waals surface area (Å²) in [6.07, 6.45) is -0.225. The van der Waals surface area contributed by atoms with Gasteiger partial charge < -0.3 is 0 Å². The third kappa shape index (κ3) is 6.21. The zero-order chi connectivity index (χ0) is 14.5. The molecule has 0 saturated carbocycles. The average Bonchev–Trinajstić information content (AvgIpc) is 2.27. The summed E-state index contributed by atoms with van der Waals surface area (Å²) in [6, 6.07) is 7.91. The zero-order valence-electron chi connectivity index (χ0n) is 11.1. The van der Waals surface area contributed by atoms with Gasteiger partial charge in [-0.1, -0.05) is 0 Å². The Hall–Kier alpha value is -0.870. The van der Waals surface area contributed by atoms with Gasteiger partial charge in [-0.25, -0.2) is 0 Å². The van der Waals surface area contributed by atoms with E-state index in [2.05, 4.69) is 5.09 Å². The Bertz CT molecular complexity index is 413. The molecule has 7 heteroatoms. The molecule has 0 aliphatic rings. The molecule has 0 bridgehead atoms. The first kappa shape index (κ1) is 16.2. The van der Waals surface area contributed by atoms with Crippen molar-refractivity contribution in [3.05, 3.63) is 30.3 Å². The molecule has 1 aromatic rings. The van der Waals surface area contributed by atoms with Gasteiger partial charge in [-0.3, -0.25) is 0 Å². The number of hydrogen-bond donors (Lipinski definition) is 2. The molecule has 0 aromatic heterocycles. The van der Waals surface area contributed by atoms with E-state index in [9.17, 15) is 9.69 Å². The van der Waals surface area contributed by atoms with E-state index in [0.717, 1.165) is 0 Å². The van der Waals surface area contributed by atoms with Crippen molar-refractivity contribution in [1.82, 2.24) is 5.09 Å². The molecule has 0 fully saturated rings. The predicted molar refractivity (Wildman–Crippen MR) is 77.3 cm³/mol. The van der Waals surface area contributed by atoms with Crippen LogP contribution >= 0.6 is 18.5 Å². The molecular formula is C12H19ClNO4P. The number of rotatable bonds is 6. The summed E-state index contributed by atoms with van der Waals surface area (Å²) in [7, 11) is -3.70. The number of carbonyl (C=O) groups is 1. The van der Waals surface area contributed by atoms with Crippen molar-refractivity contribution in [1.29, 1.82) is 0 Å². The van der Waals surface area contributed by atoms with Crippen molar-refractivity contribution in [2.45, 2.75) is 32.9 Å². The van der Waals surface area contributed by atoms with Crippen molar-refractivity contribution in [2.75, 3.05) is 0 Å². The second-order valence-corrected chi connectivity index (χ2v) is 7.48. The molecule has 0 saturated heterocycles. The van der Waals surface area contributed by atoms with Gasteiger partial charge in [0.1, 0.15) is 0 Å². The second kappa shape index (κ2) is 7.06. The third-order valence-corrected chi connectivity index (χ3v) is 3.95. The molecule has 0 aliphatic heterocycles. The van der Waals surface area contributed by atoms with E-state index >= 15 is 0 Å². The SMILES string of the molecule is CC(C)OC(=O)C(C)N[PH](O)(Cl)Oc1ccccc1. The summed E-state index contributed by atoms with van der Waals surface area (Å²) in [5.41, 5.74) is 0. The van der Waals surface area contributed by atoms with E-state index in [4.69, 9.17) is 20.5 Å². The minimum absolute atomic E-state index is 0.225. The Balaban J connectivity index is 2.56. The van der Waals surface area contributed by atoms with Crippen LogP contribution in [-0.4, -0.2) is 23.0 Å². The molecular weight excluding hydrogens is 289 g/mol. The molecule has 5 nitrogen and oxygen atoms in total. The van der Waals surface area contributed by atoms with Crippen molar-refractivity contribution >= 4 is 24.4 Å². The summed E-state index contributed by atoms with van der Waals surface area (Å²) >= 11 is 5.90. The summed E-state index contributed by atoms with van der Waals surface area (Å²) in [4.78, 5) is 21.6. The van der Waals surface area contributed by atoms with Gasteiger partial charge in [-0.05, 0) is 0 Å². The Kier molecular flexibility index (Phi) is 6.01. The van der Waals surface area contributed by atoms with Crippen LogP contribution in [0.5, 0.6) is 5.75 Å². The molecule has 1 unspecified atom stereocenters. The first-order valence-corrected chi connectivity index (χ1v) is 8.80. The molecule has 19 heavy (non-hydrogen) atoms. The normalized spacial score (nSPS) is 14.0. The van der Waals surface area contributed by atoms with Crippen LogP contribution < -0.4 is 9.61 Å². The van der Waals surface area contributed by atoms with Gasteiger partial charge in [-0.2, -0.15) is 0 Å². The maximum absolute atomic E-state index is 11.6. The Morgan fingerprint density at radius 1 is 1.32 bits per heavy atom. The van der Waals surface area contributed by atoms with Crippen LogP contribution in [-0.2, 0) is 9.53 Å². The first-order valence-electron chi connectivity index (χ1n) is 5.93. The van der Waals surface area contributed by atoms with E-state index in [0.29, 0.717) is 5.75 Å². The van der Waals surface area contributed by atoms with E-state index in [1.165, 1.54) is 0 Å². The van der Waals surface area contributed by atoms with Crippen LogP contribution in [0.15, 0.2) is 30.3 Å². The fraction of sp³-hybridized carbons (Fsp3) is 0.417. The molecule has 0 amide bonds.